The van der Waals surface area contributed by atoms with E-state index in [1.165, 1.54) is 0 Å². The predicted molar refractivity (Wildman–Crippen MR) is 130 cm³/mol. The Bertz CT molecular complexity index is 1510. The predicted octanol–water partition coefficient (Wildman–Crippen LogP) is 4.21. The monoisotopic (exact) mass is 465 g/mol. The van der Waals surface area contributed by atoms with Gasteiger partial charge in [0.2, 0.25) is 0 Å². The Morgan fingerprint density at radius 3 is 2.51 bits per heavy atom. The molecule has 6 rings (SSSR count). The van der Waals surface area contributed by atoms with E-state index in [4.69, 9.17) is 9.72 Å². The maximum Gasteiger partial charge on any atom is 0.326 e. The fourth-order valence-electron chi connectivity index (χ4n) is 5.36. The minimum Gasteiger partial charge on any atom is -0.458 e. The number of esters is 1. The van der Waals surface area contributed by atoms with Gasteiger partial charge in [-0.05, 0) is 41.8 Å². The number of nitrogens with one attached hydrogen (secondary N) is 1. The van der Waals surface area contributed by atoms with Crippen molar-refractivity contribution in [2.24, 2.45) is 0 Å². The standard InChI is InChI=1S/C28H23N3O4/c32-25(35-17-24-21-12-3-2-10-19(21)20-11-4-6-14-23(20)29-24)16-31-26(33)28(30-27(31)34)15-7-9-18-8-1-5-13-22(18)28/h1-6,8,10-14H,7,9,15-17H2,(H,30,34). The molecular weight excluding hydrogens is 442 g/mol. The van der Waals surface area contributed by atoms with E-state index in [-0.39, 0.29) is 6.61 Å². The average molecular weight is 466 g/mol. The van der Waals surface area contributed by atoms with Crippen LogP contribution in [-0.2, 0) is 32.9 Å². The molecule has 174 valence electrons. The first-order valence-corrected chi connectivity index (χ1v) is 11.7. The van der Waals surface area contributed by atoms with Crippen molar-refractivity contribution in [3.63, 3.8) is 0 Å². The van der Waals surface area contributed by atoms with E-state index in [0.29, 0.717) is 12.1 Å². The number of hydrogen-bond donors (Lipinski definition) is 1. The third-order valence-electron chi connectivity index (χ3n) is 7.00. The zero-order valence-corrected chi connectivity index (χ0v) is 19.0. The van der Waals surface area contributed by atoms with Crippen LogP contribution >= 0.6 is 0 Å². The Hall–Kier alpha value is -4.26. The first kappa shape index (κ1) is 21.3. The number of para-hydroxylation sites is 1. The van der Waals surface area contributed by atoms with Crippen LogP contribution < -0.4 is 5.32 Å². The van der Waals surface area contributed by atoms with Crippen molar-refractivity contribution in [3.8, 4) is 0 Å². The summed E-state index contributed by atoms with van der Waals surface area (Å²) in [4.78, 5) is 44.6. The third-order valence-corrected chi connectivity index (χ3v) is 7.00. The Labute approximate surface area is 201 Å². The number of amides is 3. The summed E-state index contributed by atoms with van der Waals surface area (Å²) in [6.07, 6.45) is 2.14. The van der Waals surface area contributed by atoms with Gasteiger partial charge in [0.25, 0.3) is 5.91 Å². The molecule has 1 fully saturated rings. The highest BCUT2D eigenvalue weighted by Gasteiger charge is 2.54. The second kappa shape index (κ2) is 8.20. The van der Waals surface area contributed by atoms with Crippen LogP contribution in [-0.4, -0.2) is 34.3 Å². The molecule has 2 heterocycles. The van der Waals surface area contributed by atoms with Gasteiger partial charge in [0.05, 0.1) is 11.2 Å². The summed E-state index contributed by atoms with van der Waals surface area (Å²) in [7, 11) is 0. The first-order valence-electron chi connectivity index (χ1n) is 11.7. The van der Waals surface area contributed by atoms with Gasteiger partial charge in [-0.3, -0.25) is 14.5 Å². The highest BCUT2D eigenvalue weighted by molar-refractivity contribution is 6.09. The number of benzene rings is 3. The number of fused-ring (bicyclic) bond motifs is 5. The molecule has 0 saturated carbocycles. The molecule has 1 saturated heterocycles. The summed E-state index contributed by atoms with van der Waals surface area (Å²) in [5, 5.41) is 5.81. The fraction of sp³-hybridized carbons (Fsp3) is 0.214. The van der Waals surface area contributed by atoms with Crippen LogP contribution in [0.1, 0.15) is 29.7 Å². The summed E-state index contributed by atoms with van der Waals surface area (Å²) in [5.41, 5.74) is 2.19. The molecule has 0 radical (unpaired) electrons. The zero-order valence-electron chi connectivity index (χ0n) is 19.0. The SMILES string of the molecule is O=C(CN1C(=O)NC2(CCCc3ccccc32)C1=O)OCc1nc2ccccc2c2ccccc12. The lowest BCUT2D eigenvalue weighted by molar-refractivity contribution is -0.149. The van der Waals surface area contributed by atoms with Crippen molar-refractivity contribution >= 4 is 39.6 Å². The van der Waals surface area contributed by atoms with Gasteiger partial charge in [0.15, 0.2) is 0 Å². The molecule has 3 amide bonds. The lowest BCUT2D eigenvalue weighted by Gasteiger charge is -2.33. The van der Waals surface area contributed by atoms with Crippen LogP contribution in [0.15, 0.2) is 72.8 Å². The van der Waals surface area contributed by atoms with Gasteiger partial charge < -0.3 is 10.1 Å². The molecule has 2 aliphatic rings. The lowest BCUT2D eigenvalue weighted by atomic mass is 9.76. The van der Waals surface area contributed by atoms with Crippen molar-refractivity contribution in [2.45, 2.75) is 31.4 Å². The molecule has 7 nitrogen and oxygen atoms in total. The highest BCUT2D eigenvalue weighted by Crippen LogP contribution is 2.39. The fourth-order valence-corrected chi connectivity index (χ4v) is 5.36. The van der Waals surface area contributed by atoms with Gasteiger partial charge in [0.1, 0.15) is 18.7 Å². The summed E-state index contributed by atoms with van der Waals surface area (Å²) in [6.45, 7) is -0.498. The second-order valence-electron chi connectivity index (χ2n) is 9.02. The van der Waals surface area contributed by atoms with Crippen LogP contribution in [0.3, 0.4) is 0 Å². The zero-order chi connectivity index (χ0) is 24.0. The smallest absolute Gasteiger partial charge is 0.326 e. The van der Waals surface area contributed by atoms with Crippen molar-refractivity contribution in [3.05, 3.63) is 89.6 Å². The number of imide groups is 1. The third kappa shape index (κ3) is 3.43. The molecule has 1 N–H and O–H groups in total. The average Bonchev–Trinajstić information content (AvgIpc) is 3.12. The molecule has 1 unspecified atom stereocenters. The summed E-state index contributed by atoms with van der Waals surface area (Å²) in [5.74, 6) is -1.06. The van der Waals surface area contributed by atoms with Gasteiger partial charge in [0, 0.05) is 10.8 Å². The van der Waals surface area contributed by atoms with Crippen molar-refractivity contribution in [2.75, 3.05) is 6.54 Å². The normalized spacial score (nSPS) is 19.3. The van der Waals surface area contributed by atoms with E-state index in [2.05, 4.69) is 5.32 Å². The number of aryl methyl sites for hydroxylation is 1. The van der Waals surface area contributed by atoms with Crippen LogP contribution in [0.2, 0.25) is 0 Å². The van der Waals surface area contributed by atoms with E-state index < -0.39 is 30.0 Å². The summed E-state index contributed by atoms with van der Waals surface area (Å²) in [6, 6.07) is 22.7. The molecule has 3 aromatic carbocycles. The topological polar surface area (TPSA) is 88.6 Å². The van der Waals surface area contributed by atoms with Crippen molar-refractivity contribution < 1.29 is 19.1 Å². The Morgan fingerprint density at radius 2 is 1.66 bits per heavy atom. The first-order chi connectivity index (χ1) is 17.1. The Kier molecular flexibility index (Phi) is 4.99. The molecule has 1 atom stereocenters. The quantitative estimate of drug-likeness (QED) is 0.277. The molecule has 1 aliphatic carbocycles. The number of nitrogens with zero attached hydrogens (tertiary/aromatic N) is 2. The van der Waals surface area contributed by atoms with Crippen LogP contribution in [0.25, 0.3) is 21.7 Å². The number of urea groups is 1. The summed E-state index contributed by atoms with van der Waals surface area (Å²) >= 11 is 0. The molecule has 0 bridgehead atoms. The molecule has 7 heteroatoms. The molecular formula is C28H23N3O4. The van der Waals surface area contributed by atoms with Crippen molar-refractivity contribution in [1.29, 1.82) is 0 Å². The molecule has 1 aromatic heterocycles. The van der Waals surface area contributed by atoms with E-state index in [1.807, 2.05) is 72.8 Å². The largest absolute Gasteiger partial charge is 0.458 e. The molecule has 35 heavy (non-hydrogen) atoms. The second-order valence-corrected chi connectivity index (χ2v) is 9.02. The maximum atomic E-state index is 13.4. The van der Waals surface area contributed by atoms with Gasteiger partial charge in [-0.1, -0.05) is 66.7 Å². The van der Waals surface area contributed by atoms with E-state index in [0.717, 1.165) is 50.5 Å². The number of ether oxygens (including phenoxy) is 1. The van der Waals surface area contributed by atoms with Gasteiger partial charge >= 0.3 is 12.0 Å². The number of carbonyl (C=O) groups excluding carboxylic acids is 3. The number of carbonyl (C=O) groups is 3. The van der Waals surface area contributed by atoms with Crippen LogP contribution in [0, 0.1) is 0 Å². The number of hydrogen-bond acceptors (Lipinski definition) is 5. The number of pyridine rings is 1. The highest BCUT2D eigenvalue weighted by atomic mass is 16.5. The van der Waals surface area contributed by atoms with Gasteiger partial charge in [-0.25, -0.2) is 9.78 Å². The van der Waals surface area contributed by atoms with E-state index in [9.17, 15) is 14.4 Å². The Balaban J connectivity index is 1.22. The minimum atomic E-state index is -1.11. The van der Waals surface area contributed by atoms with Crippen molar-refractivity contribution in [1.82, 2.24) is 15.2 Å². The molecule has 1 aliphatic heterocycles. The van der Waals surface area contributed by atoms with E-state index in [1.54, 1.807) is 0 Å². The minimum absolute atomic E-state index is 0.0538. The van der Waals surface area contributed by atoms with Gasteiger partial charge in [-0.2, -0.15) is 0 Å². The Morgan fingerprint density at radius 1 is 0.943 bits per heavy atom. The van der Waals surface area contributed by atoms with Crippen LogP contribution in [0.4, 0.5) is 4.79 Å². The molecule has 1 spiro atoms. The number of rotatable bonds is 4. The van der Waals surface area contributed by atoms with Crippen LogP contribution in [0.5, 0.6) is 0 Å². The molecule has 4 aromatic rings. The number of aromatic nitrogens is 1. The van der Waals surface area contributed by atoms with Gasteiger partial charge in [-0.15, -0.1) is 0 Å². The lowest BCUT2D eigenvalue weighted by Crippen LogP contribution is -2.46. The summed E-state index contributed by atoms with van der Waals surface area (Å²) < 4.78 is 5.51. The maximum absolute atomic E-state index is 13.4. The van der Waals surface area contributed by atoms with E-state index >= 15 is 0 Å².